The van der Waals surface area contributed by atoms with Gasteiger partial charge in [0.1, 0.15) is 0 Å². The number of allylic oxidation sites excluding steroid dienone is 1. The van der Waals surface area contributed by atoms with Gasteiger partial charge in [0.15, 0.2) is 8.07 Å². The van der Waals surface area contributed by atoms with Crippen LogP contribution in [0.15, 0.2) is 103 Å². The summed E-state index contributed by atoms with van der Waals surface area (Å²) in [5.41, 5.74) is 26.3. The minimum Gasteiger partial charge on any atom is -0.326 e. The molecule has 0 radical (unpaired) electrons. The molecule has 4 aromatic carbocycles. The molecule has 0 spiro atoms. The molecule has 1 aliphatic carbocycles. The van der Waals surface area contributed by atoms with Gasteiger partial charge in [-0.3, -0.25) is 0 Å². The Balaban J connectivity index is 1.94. The lowest BCUT2D eigenvalue weighted by atomic mass is 10.1. The van der Waals surface area contributed by atoms with Crippen LogP contribution in [-0.4, -0.2) is 8.07 Å². The van der Waals surface area contributed by atoms with Crippen molar-refractivity contribution in [3.8, 4) is 0 Å². The summed E-state index contributed by atoms with van der Waals surface area (Å²) >= 11 is 0. The Labute approximate surface area is 209 Å². The van der Waals surface area contributed by atoms with E-state index < -0.39 is 8.07 Å². The molecule has 0 saturated carbocycles. The molecular formula is C31H33N3Si. The molecule has 1 atom stereocenters. The van der Waals surface area contributed by atoms with Gasteiger partial charge in [0.25, 0.3) is 0 Å². The third-order valence-electron chi connectivity index (χ3n) is 7.43. The second-order valence-electron chi connectivity index (χ2n) is 9.47. The van der Waals surface area contributed by atoms with Crippen LogP contribution in [0.1, 0.15) is 40.3 Å². The first-order valence-electron chi connectivity index (χ1n) is 12.3. The average molecular weight is 476 g/mol. The normalized spacial score (nSPS) is 15.1. The minimum absolute atomic E-state index is 0.243. The number of rotatable bonds is 7. The topological polar surface area (TPSA) is 78.1 Å². The van der Waals surface area contributed by atoms with E-state index in [2.05, 4.69) is 110 Å². The molecular weight excluding hydrogens is 442 g/mol. The van der Waals surface area contributed by atoms with Crippen LogP contribution >= 0.6 is 0 Å². The quantitative estimate of drug-likeness (QED) is 0.284. The maximum Gasteiger partial charge on any atom is 0.159 e. The minimum atomic E-state index is -2.68. The van der Waals surface area contributed by atoms with E-state index in [1.54, 1.807) is 0 Å². The number of hydrogen-bond donors (Lipinski definition) is 3. The van der Waals surface area contributed by atoms with Gasteiger partial charge in [-0.05, 0) is 50.3 Å². The van der Waals surface area contributed by atoms with Gasteiger partial charge in [0, 0.05) is 25.2 Å². The Morgan fingerprint density at radius 2 is 1.06 bits per heavy atom. The zero-order chi connectivity index (χ0) is 24.4. The van der Waals surface area contributed by atoms with Crippen LogP contribution in [0, 0.1) is 0 Å². The van der Waals surface area contributed by atoms with E-state index in [1.165, 1.54) is 32.3 Å². The van der Waals surface area contributed by atoms with Crippen molar-refractivity contribution in [1.29, 1.82) is 0 Å². The van der Waals surface area contributed by atoms with Gasteiger partial charge in [-0.1, -0.05) is 109 Å². The van der Waals surface area contributed by atoms with Crippen molar-refractivity contribution in [2.75, 3.05) is 0 Å². The Morgan fingerprint density at radius 3 is 1.51 bits per heavy atom. The van der Waals surface area contributed by atoms with E-state index in [9.17, 15) is 0 Å². The van der Waals surface area contributed by atoms with Gasteiger partial charge in [-0.15, -0.1) is 0 Å². The number of nitrogens with two attached hydrogens (primary N) is 3. The van der Waals surface area contributed by atoms with E-state index in [0.717, 1.165) is 16.7 Å². The summed E-state index contributed by atoms with van der Waals surface area (Å²) in [6.07, 6.45) is 2.37. The number of hydrogen-bond acceptors (Lipinski definition) is 3. The van der Waals surface area contributed by atoms with Crippen LogP contribution in [0.4, 0.5) is 0 Å². The van der Waals surface area contributed by atoms with E-state index in [1.807, 2.05) is 0 Å². The number of benzene rings is 4. The molecule has 1 aliphatic rings. The number of fused-ring (bicyclic) bond motifs is 1. The summed E-state index contributed by atoms with van der Waals surface area (Å²) in [6.45, 7) is 3.83. The molecule has 0 saturated heterocycles. The third kappa shape index (κ3) is 3.99. The monoisotopic (exact) mass is 475 g/mol. The zero-order valence-corrected chi connectivity index (χ0v) is 21.2. The fraction of sp³-hybridized carbons (Fsp3) is 0.161. The summed E-state index contributed by atoms with van der Waals surface area (Å²) in [7, 11) is -2.68. The summed E-state index contributed by atoms with van der Waals surface area (Å²) in [5, 5.41) is 4.08. The van der Waals surface area contributed by atoms with E-state index >= 15 is 0 Å². The van der Waals surface area contributed by atoms with Gasteiger partial charge in [0.05, 0.1) is 0 Å². The molecule has 0 bridgehead atoms. The SMILES string of the molecule is CC1=Cc2ccccc2C1[Si](c1cccc(CN)c1)(c1cccc(CN)c1)c1cccc(CN)c1. The molecule has 6 N–H and O–H groups in total. The summed E-state index contributed by atoms with van der Waals surface area (Å²) < 4.78 is 0. The van der Waals surface area contributed by atoms with Crippen molar-refractivity contribution in [3.63, 3.8) is 0 Å². The van der Waals surface area contributed by atoms with Gasteiger partial charge in [-0.2, -0.15) is 0 Å². The van der Waals surface area contributed by atoms with Crippen LogP contribution in [0.25, 0.3) is 6.08 Å². The molecule has 0 aromatic heterocycles. The molecule has 0 fully saturated rings. The molecule has 176 valence electrons. The van der Waals surface area contributed by atoms with Gasteiger partial charge in [-0.25, -0.2) is 0 Å². The second-order valence-corrected chi connectivity index (χ2v) is 13.4. The third-order valence-corrected chi connectivity index (χ3v) is 12.7. The van der Waals surface area contributed by atoms with Gasteiger partial charge < -0.3 is 17.2 Å². The highest BCUT2D eigenvalue weighted by atomic mass is 28.3. The zero-order valence-electron chi connectivity index (χ0n) is 20.2. The summed E-state index contributed by atoms with van der Waals surface area (Å²) in [5.74, 6) is 0. The highest BCUT2D eigenvalue weighted by molar-refractivity contribution is 7.12. The van der Waals surface area contributed by atoms with Crippen molar-refractivity contribution < 1.29 is 0 Å². The van der Waals surface area contributed by atoms with Gasteiger partial charge >= 0.3 is 0 Å². The molecule has 35 heavy (non-hydrogen) atoms. The first kappa shape index (κ1) is 23.5. The molecule has 5 rings (SSSR count). The Hall–Kier alpha value is -3.28. The molecule has 1 unspecified atom stereocenters. The predicted octanol–water partition coefficient (Wildman–Crippen LogP) is 3.27. The molecule has 4 heteroatoms. The Bertz CT molecular complexity index is 1280. The maximum atomic E-state index is 6.16. The Morgan fingerprint density at radius 1 is 0.600 bits per heavy atom. The fourth-order valence-electron chi connectivity index (χ4n) is 5.88. The predicted molar refractivity (Wildman–Crippen MR) is 150 cm³/mol. The van der Waals surface area contributed by atoms with E-state index in [4.69, 9.17) is 17.2 Å². The smallest absolute Gasteiger partial charge is 0.159 e. The highest BCUT2D eigenvalue weighted by Gasteiger charge is 2.50. The second kappa shape index (κ2) is 9.76. The van der Waals surface area contributed by atoms with Crippen LogP contribution in [0.5, 0.6) is 0 Å². The van der Waals surface area contributed by atoms with Gasteiger partial charge in [0.2, 0.25) is 0 Å². The summed E-state index contributed by atoms with van der Waals surface area (Å²) in [6, 6.07) is 35.7. The first-order valence-corrected chi connectivity index (χ1v) is 14.3. The van der Waals surface area contributed by atoms with Crippen molar-refractivity contribution >= 4 is 29.7 Å². The van der Waals surface area contributed by atoms with Crippen molar-refractivity contribution in [3.05, 3.63) is 130 Å². The first-order chi connectivity index (χ1) is 17.1. The lowest BCUT2D eigenvalue weighted by Crippen LogP contribution is -2.71. The highest BCUT2D eigenvalue weighted by Crippen LogP contribution is 2.42. The average Bonchev–Trinajstić information content (AvgIpc) is 3.25. The van der Waals surface area contributed by atoms with Crippen molar-refractivity contribution in [2.24, 2.45) is 17.2 Å². The lowest BCUT2D eigenvalue weighted by molar-refractivity contribution is 1.06. The largest absolute Gasteiger partial charge is 0.326 e. The molecule has 0 aliphatic heterocycles. The summed E-state index contributed by atoms with van der Waals surface area (Å²) in [4.78, 5) is 0. The molecule has 0 heterocycles. The Kier molecular flexibility index (Phi) is 6.54. The fourth-order valence-corrected chi connectivity index (χ4v) is 11.7. The molecule has 0 amide bonds. The lowest BCUT2D eigenvalue weighted by Gasteiger charge is -2.41. The maximum absolute atomic E-state index is 6.16. The molecule has 3 nitrogen and oxygen atoms in total. The van der Waals surface area contributed by atoms with Crippen molar-refractivity contribution in [2.45, 2.75) is 32.1 Å². The van der Waals surface area contributed by atoms with Crippen LogP contribution in [-0.2, 0) is 19.6 Å². The van der Waals surface area contributed by atoms with Crippen LogP contribution in [0.3, 0.4) is 0 Å². The van der Waals surface area contributed by atoms with Crippen molar-refractivity contribution in [1.82, 2.24) is 0 Å². The van der Waals surface area contributed by atoms with E-state index in [-0.39, 0.29) is 5.54 Å². The van der Waals surface area contributed by atoms with Crippen LogP contribution < -0.4 is 32.8 Å². The standard InChI is InChI=1S/C31H33N3Si/c1-22-15-26-10-2-3-14-30(26)31(22)35(27-11-4-7-23(16-27)19-32,28-12-5-8-24(17-28)20-33)29-13-6-9-25(18-29)21-34/h2-18,31H,19-21,32-34H2,1H3. The molecule has 4 aromatic rings. The van der Waals surface area contributed by atoms with Crippen LogP contribution in [0.2, 0.25) is 0 Å². The van der Waals surface area contributed by atoms with E-state index in [0.29, 0.717) is 19.6 Å².